The van der Waals surface area contributed by atoms with Crippen molar-refractivity contribution in [3.8, 4) is 28.1 Å². The average Bonchev–Trinajstić information content (AvgIpc) is 3.32. The van der Waals surface area contributed by atoms with Crippen LogP contribution in [0.4, 0.5) is 8.78 Å². The van der Waals surface area contributed by atoms with Crippen molar-refractivity contribution in [3.05, 3.63) is 112 Å². The zero-order valence-corrected chi connectivity index (χ0v) is 20.7. The maximum absolute atomic E-state index is 16.0. The third kappa shape index (κ3) is 4.50. The molecule has 2 aromatic heterocycles. The number of rotatable bonds is 7. The number of fused-ring (bicyclic) bond motifs is 1. The van der Waals surface area contributed by atoms with E-state index in [1.807, 2.05) is 30.3 Å². The van der Waals surface area contributed by atoms with Gasteiger partial charge < -0.3 is 9.84 Å². The molecule has 0 aliphatic rings. The number of nitrogens with zero attached hydrogens (tertiary/aromatic N) is 2. The van der Waals surface area contributed by atoms with Crippen LogP contribution in [0.5, 0.6) is 5.75 Å². The Morgan fingerprint density at radius 1 is 1.00 bits per heavy atom. The van der Waals surface area contributed by atoms with Crippen LogP contribution < -0.4 is 4.74 Å². The minimum absolute atomic E-state index is 0.0780. The first-order valence-electron chi connectivity index (χ1n) is 11.5. The van der Waals surface area contributed by atoms with E-state index in [0.29, 0.717) is 11.3 Å². The van der Waals surface area contributed by atoms with Gasteiger partial charge in [0.15, 0.2) is 0 Å². The fourth-order valence-corrected chi connectivity index (χ4v) is 4.62. The number of para-hydroxylation sites is 1. The molecule has 0 aliphatic heterocycles. The number of imidazole rings is 1. The molecule has 0 saturated carbocycles. The van der Waals surface area contributed by atoms with E-state index in [4.69, 9.17) is 21.4 Å². The molecule has 0 atom stereocenters. The van der Waals surface area contributed by atoms with Gasteiger partial charge in [-0.3, -0.25) is 9.20 Å². The molecule has 0 aliphatic carbocycles. The second-order valence-electron chi connectivity index (χ2n) is 8.54. The molecule has 0 saturated heterocycles. The number of aliphatic carboxylic acids is 1. The van der Waals surface area contributed by atoms with Crippen molar-refractivity contribution in [2.75, 3.05) is 0 Å². The Morgan fingerprint density at radius 3 is 2.45 bits per heavy atom. The van der Waals surface area contributed by atoms with Gasteiger partial charge in [-0.15, -0.1) is 0 Å². The Balaban J connectivity index is 1.60. The van der Waals surface area contributed by atoms with Gasteiger partial charge in [-0.1, -0.05) is 60.1 Å². The number of Topliss-reactive ketones (excluding diaryl/α,β-unsaturated/α-hetero) is 1. The summed E-state index contributed by atoms with van der Waals surface area (Å²) in [6.07, 6.45) is 1.26. The number of ketones is 1. The minimum Gasteiger partial charge on any atom is -0.488 e. The molecule has 3 aromatic carbocycles. The van der Waals surface area contributed by atoms with Crippen LogP contribution in [0.3, 0.4) is 0 Å². The van der Waals surface area contributed by atoms with Crippen molar-refractivity contribution in [3.63, 3.8) is 0 Å². The zero-order chi connectivity index (χ0) is 27.0. The number of aromatic nitrogens is 2. The molecule has 0 spiro atoms. The first kappa shape index (κ1) is 25.1. The lowest BCUT2D eigenvalue weighted by atomic mass is 9.99. The molecule has 9 heteroatoms. The third-order valence-corrected chi connectivity index (χ3v) is 6.44. The summed E-state index contributed by atoms with van der Waals surface area (Å²) in [7, 11) is 0. The van der Waals surface area contributed by atoms with Gasteiger partial charge >= 0.3 is 5.97 Å². The number of hydrogen-bond acceptors (Lipinski definition) is 4. The number of hydrogen-bond donors (Lipinski definition) is 1. The second-order valence-corrected chi connectivity index (χ2v) is 8.89. The first-order valence-corrected chi connectivity index (χ1v) is 11.8. The summed E-state index contributed by atoms with van der Waals surface area (Å²) in [5.41, 5.74) is 1.22. The summed E-state index contributed by atoms with van der Waals surface area (Å²) < 4.78 is 38.2. The predicted molar refractivity (Wildman–Crippen MR) is 138 cm³/mol. The van der Waals surface area contributed by atoms with E-state index >= 15 is 8.78 Å². The average molecular weight is 533 g/mol. The number of benzene rings is 3. The van der Waals surface area contributed by atoms with Gasteiger partial charge in [0.05, 0.1) is 16.8 Å². The summed E-state index contributed by atoms with van der Waals surface area (Å²) >= 11 is 6.33. The number of aryl methyl sites for hydroxylation is 1. The van der Waals surface area contributed by atoms with Crippen molar-refractivity contribution in [2.45, 2.75) is 13.5 Å². The van der Waals surface area contributed by atoms with Crippen molar-refractivity contribution in [1.29, 1.82) is 0 Å². The molecule has 0 fully saturated rings. The molecule has 6 nitrogen and oxygen atoms in total. The molecule has 190 valence electrons. The molecular formula is C29H19ClF2N2O4. The van der Waals surface area contributed by atoms with Gasteiger partial charge in [0.25, 0.3) is 5.78 Å². The SMILES string of the molecule is Cc1cc2nc(-c3c(F)ccc(-c4ccccc4OCc4ccccc4)c3F)cn2c(Cl)c1C(=O)C(=O)O. The lowest BCUT2D eigenvalue weighted by molar-refractivity contribution is -0.131. The first-order chi connectivity index (χ1) is 18.3. The standard InChI is InChI=1S/C29H19ClF2N2O4/c1-16-13-23-33-21(14-34(23)28(30)24(16)27(35)29(36)37)25-20(31)12-11-19(26(25)32)18-9-5-6-10-22(18)38-15-17-7-3-2-4-8-17/h2-14H,15H2,1H3,(H,36,37). The molecule has 0 bridgehead atoms. The summed E-state index contributed by atoms with van der Waals surface area (Å²) in [5, 5.41) is 8.91. The van der Waals surface area contributed by atoms with Crippen LogP contribution in [-0.2, 0) is 11.4 Å². The predicted octanol–water partition coefficient (Wildman–Crippen LogP) is 6.75. The highest BCUT2D eigenvalue weighted by Crippen LogP contribution is 2.38. The Bertz CT molecular complexity index is 1720. The van der Waals surface area contributed by atoms with Gasteiger partial charge in [0, 0.05) is 17.3 Å². The van der Waals surface area contributed by atoms with Crippen molar-refractivity contribution < 1.29 is 28.2 Å². The summed E-state index contributed by atoms with van der Waals surface area (Å²) in [4.78, 5) is 27.7. The number of ether oxygens (including phenoxy) is 1. The van der Waals surface area contributed by atoms with Gasteiger partial charge in [-0.05, 0) is 42.3 Å². The monoisotopic (exact) mass is 532 g/mol. The molecular weight excluding hydrogens is 514 g/mol. The van der Waals surface area contributed by atoms with Gasteiger partial charge in [0.2, 0.25) is 0 Å². The van der Waals surface area contributed by atoms with Crippen LogP contribution in [0, 0.1) is 18.6 Å². The van der Waals surface area contributed by atoms with Crippen LogP contribution in [0.1, 0.15) is 21.5 Å². The van der Waals surface area contributed by atoms with E-state index < -0.39 is 29.0 Å². The topological polar surface area (TPSA) is 80.9 Å². The van der Waals surface area contributed by atoms with Crippen molar-refractivity contribution in [2.24, 2.45) is 0 Å². The summed E-state index contributed by atoms with van der Waals surface area (Å²) in [6.45, 7) is 1.76. The smallest absolute Gasteiger partial charge is 0.377 e. The summed E-state index contributed by atoms with van der Waals surface area (Å²) in [6, 6.07) is 20.2. The Kier molecular flexibility index (Phi) is 6.65. The van der Waals surface area contributed by atoms with Crippen LogP contribution in [0.2, 0.25) is 5.15 Å². The van der Waals surface area contributed by atoms with Gasteiger partial charge in [-0.25, -0.2) is 18.6 Å². The van der Waals surface area contributed by atoms with Crippen LogP contribution >= 0.6 is 11.6 Å². The van der Waals surface area contributed by atoms with E-state index in [2.05, 4.69) is 4.98 Å². The molecule has 2 heterocycles. The molecule has 1 N–H and O–H groups in total. The largest absolute Gasteiger partial charge is 0.488 e. The number of pyridine rings is 1. The van der Waals surface area contributed by atoms with Gasteiger partial charge in [-0.2, -0.15) is 0 Å². The van der Waals surface area contributed by atoms with Crippen molar-refractivity contribution in [1.82, 2.24) is 9.38 Å². The van der Waals surface area contributed by atoms with Gasteiger partial charge in [0.1, 0.15) is 34.8 Å². The van der Waals surface area contributed by atoms with E-state index in [1.165, 1.54) is 29.7 Å². The number of carboxylic acid groups (broad SMARTS) is 1. The Labute approximate surface area is 220 Å². The number of halogens is 3. The van der Waals surface area contributed by atoms with Crippen molar-refractivity contribution >= 4 is 29.0 Å². The van der Waals surface area contributed by atoms with E-state index in [9.17, 15) is 9.59 Å². The van der Waals surface area contributed by atoms with E-state index in [-0.39, 0.29) is 39.8 Å². The fourth-order valence-electron chi connectivity index (χ4n) is 4.25. The van der Waals surface area contributed by atoms with E-state index in [0.717, 1.165) is 11.6 Å². The highest BCUT2D eigenvalue weighted by atomic mass is 35.5. The second kappa shape index (κ2) is 10.1. The number of carbonyl (C=O) groups is 2. The summed E-state index contributed by atoms with van der Waals surface area (Å²) in [5.74, 6) is -4.17. The normalized spacial score (nSPS) is 11.1. The van der Waals surface area contributed by atoms with Crippen LogP contribution in [-0.4, -0.2) is 26.2 Å². The quantitative estimate of drug-likeness (QED) is 0.142. The minimum atomic E-state index is -1.67. The highest BCUT2D eigenvalue weighted by molar-refractivity contribution is 6.45. The maximum Gasteiger partial charge on any atom is 0.377 e. The number of carbonyl (C=O) groups excluding carboxylic acids is 1. The lowest BCUT2D eigenvalue weighted by Gasteiger charge is -2.14. The molecule has 0 radical (unpaired) electrons. The Hall–Kier alpha value is -4.56. The van der Waals surface area contributed by atoms with Crippen LogP contribution in [0.15, 0.2) is 79.0 Å². The molecule has 0 amide bonds. The van der Waals surface area contributed by atoms with E-state index in [1.54, 1.807) is 24.3 Å². The number of carboxylic acids is 1. The molecule has 5 rings (SSSR count). The highest BCUT2D eigenvalue weighted by Gasteiger charge is 2.25. The molecule has 5 aromatic rings. The molecule has 38 heavy (non-hydrogen) atoms. The third-order valence-electron chi connectivity index (χ3n) is 6.07. The lowest BCUT2D eigenvalue weighted by Crippen LogP contribution is -2.16. The Morgan fingerprint density at radius 2 is 1.71 bits per heavy atom. The zero-order valence-electron chi connectivity index (χ0n) is 19.9. The fraction of sp³-hybridized carbons (Fsp3) is 0.0690. The molecule has 0 unspecified atom stereocenters. The maximum atomic E-state index is 16.0. The van der Waals surface area contributed by atoms with Crippen LogP contribution in [0.25, 0.3) is 28.0 Å².